The summed E-state index contributed by atoms with van der Waals surface area (Å²) in [5.41, 5.74) is 6.67. The van der Waals surface area contributed by atoms with Crippen LogP contribution in [0.25, 0.3) is 33.5 Å². The lowest BCUT2D eigenvalue weighted by atomic mass is 10.1. The molecule has 0 bridgehead atoms. The summed E-state index contributed by atoms with van der Waals surface area (Å²) in [6.07, 6.45) is 9.19. The molecule has 0 aliphatic heterocycles. The number of hydrogen-bond acceptors (Lipinski definition) is 9. The zero-order chi connectivity index (χ0) is 31.8. The van der Waals surface area contributed by atoms with Crippen LogP contribution in [0.1, 0.15) is 26.7 Å². The summed E-state index contributed by atoms with van der Waals surface area (Å²) < 4.78 is 17.5. The Hall–Kier alpha value is -3.92. The van der Waals surface area contributed by atoms with Crippen LogP contribution in [0.15, 0.2) is 79.3 Å². The molecule has 0 radical (unpaired) electrons. The van der Waals surface area contributed by atoms with Gasteiger partial charge in [-0.25, -0.2) is 9.97 Å². The highest BCUT2D eigenvalue weighted by atomic mass is 35.5. The number of hydrogen-bond donors (Lipinski definition) is 0. The van der Waals surface area contributed by atoms with Crippen molar-refractivity contribution in [2.75, 3.05) is 44.3 Å². The molecular formula is C35H38ClN5O3S. The van der Waals surface area contributed by atoms with Crippen molar-refractivity contribution in [3.63, 3.8) is 0 Å². The van der Waals surface area contributed by atoms with Gasteiger partial charge in [-0.15, -0.1) is 0 Å². The highest BCUT2D eigenvalue weighted by Gasteiger charge is 2.19. The van der Waals surface area contributed by atoms with Gasteiger partial charge in [0, 0.05) is 66.2 Å². The number of aromatic nitrogens is 4. The van der Waals surface area contributed by atoms with E-state index < -0.39 is 0 Å². The topological polar surface area (TPSA) is 82.5 Å². The lowest BCUT2D eigenvalue weighted by Gasteiger charge is -2.28. The van der Waals surface area contributed by atoms with Crippen LogP contribution in [0, 0.1) is 0 Å². The van der Waals surface area contributed by atoms with Gasteiger partial charge in [-0.05, 0) is 81.2 Å². The van der Waals surface area contributed by atoms with Crippen molar-refractivity contribution >= 4 is 45.8 Å². The predicted octanol–water partition coefficient (Wildman–Crippen LogP) is 8.50. The van der Waals surface area contributed by atoms with E-state index in [1.54, 1.807) is 38.9 Å². The minimum Gasteiger partial charge on any atom is -0.497 e. The van der Waals surface area contributed by atoms with E-state index >= 15 is 0 Å². The van der Waals surface area contributed by atoms with E-state index in [9.17, 15) is 0 Å². The average Bonchev–Trinajstić information content (AvgIpc) is 3.06. The molecule has 234 valence electrons. The largest absolute Gasteiger partial charge is 0.497 e. The zero-order valence-corrected chi connectivity index (χ0v) is 27.9. The van der Waals surface area contributed by atoms with E-state index in [-0.39, 0.29) is 5.60 Å². The molecule has 0 unspecified atom stereocenters. The standard InChI is InChI=1S/C35H38ClN5O3S/c1-35(2,11-16-45-5)44-15-6-14-41(27-19-28(42-3)22-29(20-27)43-4)26-7-8-30-32(21-26)40-33(23-39-30)24-9-12-37-31(17-24)25-10-13-38-34(36)18-25/h7-10,12-13,17-23H,6,11,14-16H2,1-5H3. The number of fused-ring (bicyclic) bond motifs is 1. The molecule has 5 aromatic rings. The summed E-state index contributed by atoms with van der Waals surface area (Å²) in [7, 11) is 3.32. The second kappa shape index (κ2) is 14.9. The van der Waals surface area contributed by atoms with Crippen LogP contribution in [-0.2, 0) is 4.74 Å². The van der Waals surface area contributed by atoms with Gasteiger partial charge < -0.3 is 19.1 Å². The number of benzene rings is 2. The first kappa shape index (κ1) is 32.5. The van der Waals surface area contributed by atoms with Gasteiger partial charge in [0.25, 0.3) is 0 Å². The number of ether oxygens (including phenoxy) is 3. The normalized spacial score (nSPS) is 11.5. The Kier molecular flexibility index (Phi) is 10.8. The smallest absolute Gasteiger partial charge is 0.129 e. The summed E-state index contributed by atoms with van der Waals surface area (Å²) in [6, 6.07) is 19.7. The third-order valence-electron chi connectivity index (χ3n) is 7.49. The van der Waals surface area contributed by atoms with E-state index in [2.05, 4.69) is 47.1 Å². The molecule has 3 aromatic heterocycles. The second-order valence-corrected chi connectivity index (χ2v) is 12.5. The number of pyridine rings is 2. The highest BCUT2D eigenvalue weighted by Crippen LogP contribution is 2.35. The van der Waals surface area contributed by atoms with Crippen LogP contribution in [0.3, 0.4) is 0 Å². The molecule has 0 N–H and O–H groups in total. The van der Waals surface area contributed by atoms with Gasteiger partial charge in [-0.1, -0.05) is 11.6 Å². The molecule has 8 nitrogen and oxygen atoms in total. The minimum absolute atomic E-state index is 0.168. The van der Waals surface area contributed by atoms with E-state index in [4.69, 9.17) is 35.8 Å². The Labute approximate surface area is 274 Å². The van der Waals surface area contributed by atoms with Crippen molar-refractivity contribution in [1.29, 1.82) is 0 Å². The maximum atomic E-state index is 6.30. The number of thioether (sulfide) groups is 1. The second-order valence-electron chi connectivity index (χ2n) is 11.2. The number of methoxy groups -OCH3 is 2. The molecule has 0 aliphatic rings. The van der Waals surface area contributed by atoms with Gasteiger partial charge in [0.05, 0.1) is 48.4 Å². The molecule has 0 fully saturated rings. The average molecular weight is 644 g/mol. The molecule has 0 saturated heterocycles. The van der Waals surface area contributed by atoms with Crippen molar-refractivity contribution in [2.45, 2.75) is 32.3 Å². The number of rotatable bonds is 14. The van der Waals surface area contributed by atoms with Gasteiger partial charge in [0.2, 0.25) is 0 Å². The molecule has 45 heavy (non-hydrogen) atoms. The highest BCUT2D eigenvalue weighted by molar-refractivity contribution is 7.98. The van der Waals surface area contributed by atoms with Crippen LogP contribution in [0.4, 0.5) is 11.4 Å². The number of halogens is 1. The van der Waals surface area contributed by atoms with Crippen LogP contribution in [0.2, 0.25) is 5.15 Å². The SMILES string of the molecule is COc1cc(OC)cc(N(CCCOC(C)(C)CCSC)c2ccc3ncc(-c4ccnc(-c5ccnc(Cl)c5)c4)nc3c2)c1. The Bertz CT molecular complexity index is 1730. The fourth-order valence-corrected chi connectivity index (χ4v) is 5.83. The third-order valence-corrected chi connectivity index (χ3v) is 8.31. The first-order chi connectivity index (χ1) is 21.8. The van der Waals surface area contributed by atoms with Crippen LogP contribution in [0.5, 0.6) is 11.5 Å². The van der Waals surface area contributed by atoms with E-state index in [0.717, 1.165) is 81.6 Å². The first-order valence-electron chi connectivity index (χ1n) is 14.8. The Morgan fingerprint density at radius 1 is 0.800 bits per heavy atom. The molecule has 0 atom stereocenters. The zero-order valence-electron chi connectivity index (χ0n) is 26.3. The fraction of sp³-hybridized carbons (Fsp3) is 0.314. The van der Waals surface area contributed by atoms with Gasteiger partial charge in [-0.3, -0.25) is 9.97 Å². The summed E-state index contributed by atoms with van der Waals surface area (Å²) in [6.45, 7) is 5.68. The minimum atomic E-state index is -0.168. The lowest BCUT2D eigenvalue weighted by Crippen LogP contribution is -2.27. The summed E-state index contributed by atoms with van der Waals surface area (Å²) in [5.74, 6) is 2.51. The molecule has 5 rings (SSSR count). The van der Waals surface area contributed by atoms with Crippen molar-refractivity contribution in [1.82, 2.24) is 19.9 Å². The van der Waals surface area contributed by atoms with Gasteiger partial charge >= 0.3 is 0 Å². The van der Waals surface area contributed by atoms with Crippen molar-refractivity contribution in [3.05, 3.63) is 84.4 Å². The maximum absolute atomic E-state index is 6.30. The summed E-state index contributed by atoms with van der Waals surface area (Å²) in [5, 5.41) is 0.418. The molecule has 0 amide bonds. The molecule has 0 spiro atoms. The van der Waals surface area contributed by atoms with E-state index in [0.29, 0.717) is 11.8 Å². The van der Waals surface area contributed by atoms with Crippen LogP contribution in [-0.4, -0.2) is 64.9 Å². The van der Waals surface area contributed by atoms with Crippen molar-refractivity contribution in [3.8, 4) is 34.0 Å². The molecule has 0 aliphatic carbocycles. The maximum Gasteiger partial charge on any atom is 0.129 e. The summed E-state index contributed by atoms with van der Waals surface area (Å²) >= 11 is 7.97. The van der Waals surface area contributed by atoms with Crippen LogP contribution >= 0.6 is 23.4 Å². The first-order valence-corrected chi connectivity index (χ1v) is 16.5. The molecular weight excluding hydrogens is 606 g/mol. The molecule has 0 saturated carbocycles. The molecule has 10 heteroatoms. The third kappa shape index (κ3) is 8.42. The molecule has 3 heterocycles. The van der Waals surface area contributed by atoms with Gasteiger partial charge in [0.15, 0.2) is 0 Å². The summed E-state index contributed by atoms with van der Waals surface area (Å²) in [4.78, 5) is 20.6. The lowest BCUT2D eigenvalue weighted by molar-refractivity contribution is -0.0193. The fourth-order valence-electron chi connectivity index (χ4n) is 4.96. The Morgan fingerprint density at radius 3 is 2.24 bits per heavy atom. The monoisotopic (exact) mass is 643 g/mol. The van der Waals surface area contributed by atoms with E-state index in [1.165, 1.54) is 0 Å². The Balaban J connectivity index is 1.47. The quantitative estimate of drug-likeness (QED) is 0.0873. The van der Waals surface area contributed by atoms with Gasteiger partial charge in [0.1, 0.15) is 16.7 Å². The Morgan fingerprint density at radius 2 is 1.53 bits per heavy atom. The number of anilines is 2. The van der Waals surface area contributed by atoms with Crippen molar-refractivity contribution in [2.24, 2.45) is 0 Å². The van der Waals surface area contributed by atoms with Crippen LogP contribution < -0.4 is 14.4 Å². The van der Waals surface area contributed by atoms with Gasteiger partial charge in [-0.2, -0.15) is 11.8 Å². The van der Waals surface area contributed by atoms with Crippen molar-refractivity contribution < 1.29 is 14.2 Å². The predicted molar refractivity (Wildman–Crippen MR) is 185 cm³/mol. The molecule has 2 aromatic carbocycles. The number of nitrogens with zero attached hydrogens (tertiary/aromatic N) is 5. The van der Waals surface area contributed by atoms with E-state index in [1.807, 2.05) is 54.2 Å².